The zero-order valence-electron chi connectivity index (χ0n) is 18.8. The maximum absolute atomic E-state index is 12.6. The number of pyridine rings is 1. The first-order valence-corrected chi connectivity index (χ1v) is 11.8. The highest BCUT2D eigenvalue weighted by Gasteiger charge is 2.28. The van der Waals surface area contributed by atoms with E-state index in [0.717, 1.165) is 49.4 Å². The molecule has 1 aromatic carbocycles. The van der Waals surface area contributed by atoms with Gasteiger partial charge in [-0.05, 0) is 56.4 Å². The molecule has 0 saturated carbocycles. The first-order chi connectivity index (χ1) is 15.4. The van der Waals surface area contributed by atoms with Crippen molar-refractivity contribution in [1.82, 2.24) is 10.3 Å². The first-order valence-electron chi connectivity index (χ1n) is 11.4. The number of Topliss-reactive ketones (excluding diaryl/α,β-unsaturated/α-hetero) is 1. The Bertz CT molecular complexity index is 944. The van der Waals surface area contributed by atoms with Crippen molar-refractivity contribution in [3.8, 4) is 11.1 Å². The van der Waals surface area contributed by atoms with E-state index in [1.54, 1.807) is 6.20 Å². The monoisotopic (exact) mass is 457 g/mol. The van der Waals surface area contributed by atoms with Crippen LogP contribution in [0.1, 0.15) is 32.4 Å². The number of ketones is 1. The van der Waals surface area contributed by atoms with Crippen LogP contribution in [0.5, 0.6) is 0 Å². The second kappa shape index (κ2) is 10.3. The van der Waals surface area contributed by atoms with Gasteiger partial charge in [-0.1, -0.05) is 23.7 Å². The van der Waals surface area contributed by atoms with E-state index in [1.807, 2.05) is 18.2 Å². The van der Waals surface area contributed by atoms with Crippen molar-refractivity contribution >= 4 is 23.1 Å². The van der Waals surface area contributed by atoms with Gasteiger partial charge >= 0.3 is 0 Å². The molecule has 2 aromatic rings. The molecule has 4 rings (SSSR count). The summed E-state index contributed by atoms with van der Waals surface area (Å²) in [4.78, 5) is 17.0. The number of carbonyl (C=O) groups is 1. The normalized spacial score (nSPS) is 23.0. The fraction of sp³-hybridized carbons (Fsp3) is 0.520. The van der Waals surface area contributed by atoms with Crippen LogP contribution in [0.15, 0.2) is 36.5 Å². The highest BCUT2D eigenvalue weighted by atomic mass is 35.5. The fourth-order valence-corrected chi connectivity index (χ4v) is 4.67. The van der Waals surface area contributed by atoms with E-state index in [9.17, 15) is 4.79 Å². The van der Waals surface area contributed by atoms with Gasteiger partial charge < -0.3 is 20.1 Å². The summed E-state index contributed by atoms with van der Waals surface area (Å²) in [6, 6.07) is 10.1. The first kappa shape index (κ1) is 23.2. The largest absolute Gasteiger partial charge is 0.385 e. The number of benzene rings is 1. The topological polar surface area (TPSA) is 72.5 Å². The average Bonchev–Trinajstić information content (AvgIpc) is 2.79. The minimum Gasteiger partial charge on any atom is -0.385 e. The van der Waals surface area contributed by atoms with Gasteiger partial charge in [-0.3, -0.25) is 9.78 Å². The molecule has 172 valence electrons. The zero-order chi connectivity index (χ0) is 22.6. The lowest BCUT2D eigenvalue weighted by molar-refractivity contribution is -0.131. The van der Waals surface area contributed by atoms with Crippen LogP contribution in [-0.4, -0.2) is 55.3 Å². The number of hydrogen-bond acceptors (Lipinski definition) is 6. The predicted molar refractivity (Wildman–Crippen MR) is 127 cm³/mol. The van der Waals surface area contributed by atoms with E-state index in [0.29, 0.717) is 29.8 Å². The summed E-state index contributed by atoms with van der Waals surface area (Å²) in [5.74, 6) is 0.619. The van der Waals surface area contributed by atoms with Crippen LogP contribution >= 0.6 is 11.6 Å². The number of carbonyl (C=O) groups excluding carboxylic acids is 1. The van der Waals surface area contributed by atoms with Crippen LogP contribution in [-0.2, 0) is 20.7 Å². The number of anilines is 1. The molecule has 0 amide bonds. The van der Waals surface area contributed by atoms with Gasteiger partial charge in [0.2, 0.25) is 0 Å². The Hall–Kier alpha value is -1.99. The number of halogens is 1. The van der Waals surface area contributed by atoms with Crippen molar-refractivity contribution in [2.75, 3.05) is 38.2 Å². The summed E-state index contributed by atoms with van der Waals surface area (Å²) in [5.41, 5.74) is 3.58. The number of aromatic nitrogens is 1. The lowest BCUT2D eigenvalue weighted by atomic mass is 9.88. The molecule has 6 nitrogen and oxygen atoms in total. The second-order valence-corrected chi connectivity index (χ2v) is 9.70. The molecule has 0 bridgehead atoms. The van der Waals surface area contributed by atoms with Crippen molar-refractivity contribution < 1.29 is 14.3 Å². The van der Waals surface area contributed by atoms with E-state index in [1.165, 1.54) is 0 Å². The van der Waals surface area contributed by atoms with Crippen molar-refractivity contribution in [3.63, 3.8) is 0 Å². The molecular formula is C25H32ClN3O3. The van der Waals surface area contributed by atoms with Crippen LogP contribution in [0.25, 0.3) is 11.1 Å². The van der Waals surface area contributed by atoms with Crippen molar-refractivity contribution in [3.05, 3.63) is 47.2 Å². The van der Waals surface area contributed by atoms with Crippen LogP contribution in [0.2, 0.25) is 5.02 Å². The van der Waals surface area contributed by atoms with E-state index < -0.39 is 6.10 Å². The molecule has 0 radical (unpaired) electrons. The molecule has 2 saturated heterocycles. The Balaban J connectivity index is 1.43. The second-order valence-electron chi connectivity index (χ2n) is 9.29. The molecule has 32 heavy (non-hydrogen) atoms. The van der Waals surface area contributed by atoms with Crippen LogP contribution < -0.4 is 10.6 Å². The SMILES string of the molecule is CC1(C)C[C@@H](CNc2cccc(-c3cc(CC(=O)[C@H]4CNCCO4)ncc3Cl)c2)CCO1. The molecule has 2 atom stereocenters. The van der Waals surface area contributed by atoms with Gasteiger partial charge in [-0.15, -0.1) is 0 Å². The average molecular weight is 458 g/mol. The van der Waals surface area contributed by atoms with Gasteiger partial charge in [0.15, 0.2) is 5.78 Å². The molecule has 2 N–H and O–H groups in total. The number of morpholine rings is 1. The number of nitrogens with zero attached hydrogens (tertiary/aromatic N) is 1. The van der Waals surface area contributed by atoms with Crippen molar-refractivity contribution in [1.29, 1.82) is 0 Å². The number of rotatable bonds is 7. The molecule has 1 aromatic heterocycles. The maximum atomic E-state index is 12.6. The van der Waals surface area contributed by atoms with Gasteiger partial charge in [-0.25, -0.2) is 0 Å². The summed E-state index contributed by atoms with van der Waals surface area (Å²) < 4.78 is 11.4. The number of nitrogens with one attached hydrogen (secondary N) is 2. The molecule has 0 aliphatic carbocycles. The summed E-state index contributed by atoms with van der Waals surface area (Å²) in [5, 5.41) is 7.34. The summed E-state index contributed by atoms with van der Waals surface area (Å²) in [6.07, 6.45) is 3.57. The Morgan fingerprint density at radius 1 is 1.31 bits per heavy atom. The van der Waals surface area contributed by atoms with Crippen LogP contribution in [0.3, 0.4) is 0 Å². The highest BCUT2D eigenvalue weighted by Crippen LogP contribution is 2.31. The number of hydrogen-bond donors (Lipinski definition) is 2. The molecule has 2 aliphatic heterocycles. The maximum Gasteiger partial charge on any atom is 0.168 e. The lowest BCUT2D eigenvalue weighted by Gasteiger charge is -2.35. The third kappa shape index (κ3) is 6.07. The molecule has 0 spiro atoms. The van der Waals surface area contributed by atoms with Gasteiger partial charge in [-0.2, -0.15) is 0 Å². The lowest BCUT2D eigenvalue weighted by Crippen LogP contribution is -2.43. The van der Waals surface area contributed by atoms with E-state index in [4.69, 9.17) is 21.1 Å². The third-order valence-corrected chi connectivity index (χ3v) is 6.42. The smallest absolute Gasteiger partial charge is 0.168 e. The third-order valence-electron chi connectivity index (χ3n) is 6.12. The fourth-order valence-electron chi connectivity index (χ4n) is 4.46. The minimum absolute atomic E-state index is 0.0350. The van der Waals surface area contributed by atoms with Crippen molar-refractivity contribution in [2.24, 2.45) is 5.92 Å². The van der Waals surface area contributed by atoms with Gasteiger partial charge in [0.25, 0.3) is 0 Å². The molecule has 2 aliphatic rings. The molecule has 2 fully saturated rings. The van der Waals surface area contributed by atoms with E-state index in [2.05, 4.69) is 41.6 Å². The molecule has 3 heterocycles. The van der Waals surface area contributed by atoms with Gasteiger partial charge in [0.05, 0.1) is 23.7 Å². The Morgan fingerprint density at radius 2 is 2.19 bits per heavy atom. The van der Waals surface area contributed by atoms with Crippen molar-refractivity contribution in [2.45, 2.75) is 44.8 Å². The molecular weight excluding hydrogens is 426 g/mol. The summed E-state index contributed by atoms with van der Waals surface area (Å²) in [6.45, 7) is 7.93. The highest BCUT2D eigenvalue weighted by molar-refractivity contribution is 6.33. The predicted octanol–water partition coefficient (Wildman–Crippen LogP) is 4.12. The summed E-state index contributed by atoms with van der Waals surface area (Å²) in [7, 11) is 0. The molecule has 0 unspecified atom stereocenters. The summed E-state index contributed by atoms with van der Waals surface area (Å²) >= 11 is 6.48. The minimum atomic E-state index is -0.410. The Morgan fingerprint density at radius 3 is 2.97 bits per heavy atom. The zero-order valence-corrected chi connectivity index (χ0v) is 19.6. The van der Waals surface area contributed by atoms with Crippen LogP contribution in [0, 0.1) is 5.92 Å². The standard InChI is InChI=1S/C25H32ClN3O3/c1-25(2)13-17(6-8-32-25)14-28-19-5-3-4-18(10-19)21-11-20(29-15-22(21)26)12-23(30)24-16-27-7-9-31-24/h3-5,10-11,15,17,24,27-28H,6-9,12-14,16H2,1-2H3/t17-,24+/m0/s1. The van der Waals surface area contributed by atoms with Gasteiger partial charge in [0, 0.05) is 49.4 Å². The number of ether oxygens (including phenoxy) is 2. The van der Waals surface area contributed by atoms with E-state index >= 15 is 0 Å². The Kier molecular flexibility index (Phi) is 7.46. The van der Waals surface area contributed by atoms with E-state index in [-0.39, 0.29) is 17.8 Å². The van der Waals surface area contributed by atoms with Crippen LogP contribution in [0.4, 0.5) is 5.69 Å². The van der Waals surface area contributed by atoms with Gasteiger partial charge in [0.1, 0.15) is 6.10 Å². The Labute approximate surface area is 195 Å². The molecule has 7 heteroatoms. The quantitative estimate of drug-likeness (QED) is 0.651.